The lowest BCUT2D eigenvalue weighted by Crippen LogP contribution is -2.43. The van der Waals surface area contributed by atoms with E-state index in [0.717, 1.165) is 51.2 Å². The van der Waals surface area contributed by atoms with Crippen LogP contribution in [0.3, 0.4) is 0 Å². The molecule has 0 bridgehead atoms. The largest absolute Gasteiger partial charge is 0.346 e. The van der Waals surface area contributed by atoms with Gasteiger partial charge in [-0.3, -0.25) is 4.79 Å². The summed E-state index contributed by atoms with van der Waals surface area (Å²) in [5, 5.41) is 0. The van der Waals surface area contributed by atoms with Gasteiger partial charge in [-0.1, -0.05) is 25.5 Å². The Kier molecular flexibility index (Phi) is 6.75. The highest BCUT2D eigenvalue weighted by molar-refractivity contribution is 5.78. The number of unbranched alkanes of at least 4 members (excludes halogenated alkanes) is 1. The van der Waals surface area contributed by atoms with Gasteiger partial charge in [-0.05, 0) is 57.5 Å². The van der Waals surface area contributed by atoms with Crippen molar-refractivity contribution in [2.75, 3.05) is 33.2 Å². The van der Waals surface area contributed by atoms with E-state index in [0.29, 0.717) is 5.91 Å². The number of carbonyl (C=O) groups is 1. The molecular weight excluding hydrogens is 260 g/mol. The van der Waals surface area contributed by atoms with Crippen LogP contribution in [0.1, 0.15) is 51.9 Å². The number of nitrogens with zero attached hydrogens (tertiary/aromatic N) is 2. The fourth-order valence-electron chi connectivity index (χ4n) is 3.57. The summed E-state index contributed by atoms with van der Waals surface area (Å²) in [6.45, 7) is 6.55. The van der Waals surface area contributed by atoms with E-state index in [1.165, 1.54) is 25.8 Å². The molecule has 1 saturated heterocycles. The molecule has 0 aromatic heterocycles. The molecule has 0 aromatic carbocycles. The van der Waals surface area contributed by atoms with Crippen molar-refractivity contribution in [2.24, 2.45) is 11.8 Å². The lowest BCUT2D eigenvalue weighted by Gasteiger charge is -2.35. The Balaban J connectivity index is 1.69. The number of allylic oxidation sites excluding steroid dienone is 2. The van der Waals surface area contributed by atoms with Gasteiger partial charge in [0.25, 0.3) is 0 Å². The maximum atomic E-state index is 12.4. The van der Waals surface area contributed by atoms with Gasteiger partial charge in [0.2, 0.25) is 5.91 Å². The SMILES string of the molecule is CCCCN(C)C(=O)C1CCN(C[C@@H]2CC=CCC2)CC1. The van der Waals surface area contributed by atoms with Crippen molar-refractivity contribution in [2.45, 2.75) is 51.9 Å². The second kappa shape index (κ2) is 8.57. The van der Waals surface area contributed by atoms with Crippen LogP contribution in [0.2, 0.25) is 0 Å². The van der Waals surface area contributed by atoms with Crippen LogP contribution in [0.25, 0.3) is 0 Å². The van der Waals surface area contributed by atoms with Crippen molar-refractivity contribution in [1.29, 1.82) is 0 Å². The van der Waals surface area contributed by atoms with Crippen LogP contribution in [0.5, 0.6) is 0 Å². The van der Waals surface area contributed by atoms with E-state index in [9.17, 15) is 4.79 Å². The van der Waals surface area contributed by atoms with Crippen molar-refractivity contribution in [3.05, 3.63) is 12.2 Å². The summed E-state index contributed by atoms with van der Waals surface area (Å²) in [5.74, 6) is 1.49. The third-order valence-electron chi connectivity index (χ3n) is 5.05. The Morgan fingerprint density at radius 2 is 2.00 bits per heavy atom. The van der Waals surface area contributed by atoms with Crippen LogP contribution in [-0.4, -0.2) is 48.9 Å². The molecule has 0 aromatic rings. The minimum Gasteiger partial charge on any atom is -0.346 e. The van der Waals surface area contributed by atoms with Crippen molar-refractivity contribution < 1.29 is 4.79 Å². The molecule has 3 heteroatoms. The highest BCUT2D eigenvalue weighted by Gasteiger charge is 2.27. The first kappa shape index (κ1) is 16.5. The van der Waals surface area contributed by atoms with Gasteiger partial charge in [0.15, 0.2) is 0 Å². The molecule has 1 amide bonds. The first-order chi connectivity index (χ1) is 10.2. The molecule has 0 radical (unpaired) electrons. The van der Waals surface area contributed by atoms with E-state index in [1.807, 2.05) is 11.9 Å². The minimum absolute atomic E-state index is 0.273. The first-order valence-corrected chi connectivity index (χ1v) is 8.83. The summed E-state index contributed by atoms with van der Waals surface area (Å²) in [4.78, 5) is 16.9. The zero-order chi connectivity index (χ0) is 15.1. The molecule has 21 heavy (non-hydrogen) atoms. The van der Waals surface area contributed by atoms with E-state index in [1.54, 1.807) is 0 Å². The maximum Gasteiger partial charge on any atom is 0.225 e. The predicted molar refractivity (Wildman–Crippen MR) is 88.2 cm³/mol. The fourth-order valence-corrected chi connectivity index (χ4v) is 3.57. The fraction of sp³-hybridized carbons (Fsp3) is 0.833. The second-order valence-electron chi connectivity index (χ2n) is 6.84. The van der Waals surface area contributed by atoms with Gasteiger partial charge < -0.3 is 9.80 Å². The molecular formula is C18H32N2O. The van der Waals surface area contributed by atoms with Crippen molar-refractivity contribution in [3.63, 3.8) is 0 Å². The zero-order valence-electron chi connectivity index (χ0n) is 13.9. The molecule has 2 aliphatic rings. The van der Waals surface area contributed by atoms with Crippen LogP contribution in [0.15, 0.2) is 12.2 Å². The average molecular weight is 292 g/mol. The summed E-state index contributed by atoms with van der Waals surface area (Å²) in [6, 6.07) is 0. The quantitative estimate of drug-likeness (QED) is 0.701. The van der Waals surface area contributed by atoms with Crippen LogP contribution in [0, 0.1) is 11.8 Å². The van der Waals surface area contributed by atoms with Crippen LogP contribution >= 0.6 is 0 Å². The second-order valence-corrected chi connectivity index (χ2v) is 6.84. The lowest BCUT2D eigenvalue weighted by molar-refractivity contribution is -0.135. The molecule has 0 unspecified atom stereocenters. The molecule has 0 N–H and O–H groups in total. The number of hydrogen-bond acceptors (Lipinski definition) is 2. The number of carbonyl (C=O) groups excluding carboxylic acids is 1. The molecule has 2 rings (SSSR count). The van der Waals surface area contributed by atoms with Crippen molar-refractivity contribution in [1.82, 2.24) is 9.80 Å². The Morgan fingerprint density at radius 3 is 2.62 bits per heavy atom. The third-order valence-corrected chi connectivity index (χ3v) is 5.05. The summed E-state index contributed by atoms with van der Waals surface area (Å²) in [6.07, 6.45) is 12.9. The molecule has 120 valence electrons. The van der Waals surface area contributed by atoms with E-state index in [4.69, 9.17) is 0 Å². The molecule has 1 fully saturated rings. The predicted octanol–water partition coefficient (Wildman–Crippen LogP) is 3.31. The van der Waals surface area contributed by atoms with Crippen LogP contribution < -0.4 is 0 Å². The Morgan fingerprint density at radius 1 is 1.24 bits per heavy atom. The number of hydrogen-bond donors (Lipinski definition) is 0. The summed E-state index contributed by atoms with van der Waals surface area (Å²) in [5.41, 5.74) is 0. The molecule has 1 atom stereocenters. The van der Waals surface area contributed by atoms with Gasteiger partial charge in [0, 0.05) is 26.1 Å². The highest BCUT2D eigenvalue weighted by atomic mass is 16.2. The first-order valence-electron chi connectivity index (χ1n) is 8.83. The van der Waals surface area contributed by atoms with E-state index in [-0.39, 0.29) is 5.92 Å². The molecule has 1 heterocycles. The number of amides is 1. The smallest absolute Gasteiger partial charge is 0.225 e. The molecule has 3 nitrogen and oxygen atoms in total. The van der Waals surface area contributed by atoms with Gasteiger partial charge in [-0.15, -0.1) is 0 Å². The van der Waals surface area contributed by atoms with Gasteiger partial charge in [-0.25, -0.2) is 0 Å². The Hall–Kier alpha value is -0.830. The van der Waals surface area contributed by atoms with Crippen LogP contribution in [0.4, 0.5) is 0 Å². The molecule has 0 saturated carbocycles. The molecule has 1 aliphatic heterocycles. The van der Waals surface area contributed by atoms with E-state index < -0.39 is 0 Å². The van der Waals surface area contributed by atoms with Crippen molar-refractivity contribution >= 4 is 5.91 Å². The number of rotatable bonds is 6. The summed E-state index contributed by atoms with van der Waals surface area (Å²) in [7, 11) is 1.97. The van der Waals surface area contributed by atoms with Gasteiger partial charge in [0.05, 0.1) is 0 Å². The normalized spacial score (nSPS) is 24.2. The monoisotopic (exact) mass is 292 g/mol. The number of likely N-dealkylation sites (tertiary alicyclic amines) is 1. The molecule has 1 aliphatic carbocycles. The van der Waals surface area contributed by atoms with E-state index in [2.05, 4.69) is 24.0 Å². The van der Waals surface area contributed by atoms with Crippen LogP contribution in [-0.2, 0) is 4.79 Å². The van der Waals surface area contributed by atoms with Gasteiger partial charge in [0.1, 0.15) is 0 Å². The van der Waals surface area contributed by atoms with Gasteiger partial charge >= 0.3 is 0 Å². The summed E-state index contributed by atoms with van der Waals surface area (Å²) < 4.78 is 0. The van der Waals surface area contributed by atoms with Gasteiger partial charge in [-0.2, -0.15) is 0 Å². The highest BCUT2D eigenvalue weighted by Crippen LogP contribution is 2.24. The lowest BCUT2D eigenvalue weighted by atomic mass is 9.91. The Labute approximate surface area is 130 Å². The Bertz CT molecular complexity index is 345. The minimum atomic E-state index is 0.273. The van der Waals surface area contributed by atoms with E-state index >= 15 is 0 Å². The van der Waals surface area contributed by atoms with Crippen molar-refractivity contribution in [3.8, 4) is 0 Å². The molecule has 0 spiro atoms. The maximum absolute atomic E-state index is 12.4. The standard InChI is InChI=1S/C18H32N2O/c1-3-4-12-19(2)18(21)17-10-13-20(14-11-17)15-16-8-6-5-7-9-16/h5-6,16-17H,3-4,7-15H2,1-2H3/t16-/m1/s1. The average Bonchev–Trinajstić information content (AvgIpc) is 2.53. The third kappa shape index (κ3) is 5.14. The summed E-state index contributed by atoms with van der Waals surface area (Å²) >= 11 is 0. The zero-order valence-corrected chi connectivity index (χ0v) is 13.9. The number of piperidine rings is 1. The topological polar surface area (TPSA) is 23.6 Å².